The minimum atomic E-state index is -1.12. The summed E-state index contributed by atoms with van der Waals surface area (Å²) in [6, 6.07) is 0. The van der Waals surface area contributed by atoms with E-state index >= 15 is 0 Å². The number of aliphatic hydroxyl groups is 1. The Morgan fingerprint density at radius 2 is 2.03 bits per heavy atom. The first-order chi connectivity index (χ1) is 14.2. The van der Waals surface area contributed by atoms with Crippen LogP contribution in [0.2, 0.25) is 0 Å². The Bertz CT molecular complexity index is 890. The third-order valence-corrected chi connectivity index (χ3v) is 9.00. The summed E-state index contributed by atoms with van der Waals surface area (Å²) in [6.45, 7) is 4.14. The van der Waals surface area contributed by atoms with Crippen LogP contribution in [-0.4, -0.2) is 47.9 Å². The molecule has 4 aliphatic carbocycles. The molecule has 3 saturated carbocycles. The van der Waals surface area contributed by atoms with Gasteiger partial charge in [0.2, 0.25) is 6.10 Å². The van der Waals surface area contributed by atoms with E-state index in [2.05, 4.69) is 6.92 Å². The fourth-order valence-electron chi connectivity index (χ4n) is 7.71. The van der Waals surface area contributed by atoms with Crippen LogP contribution in [-0.2, 0) is 23.8 Å². The lowest BCUT2D eigenvalue weighted by molar-refractivity contribution is -0.180. The number of allylic oxidation sites excluding steroid dienone is 4. The topological polar surface area (TPSA) is 99.1 Å². The first-order valence-corrected chi connectivity index (χ1v) is 10.8. The van der Waals surface area contributed by atoms with E-state index in [0.717, 1.165) is 24.8 Å². The zero-order valence-corrected chi connectivity index (χ0v) is 17.6. The molecule has 1 saturated heterocycles. The number of rotatable bonds is 1. The van der Waals surface area contributed by atoms with Gasteiger partial charge in [-0.25, -0.2) is 9.59 Å². The number of hydrogen-bond acceptors (Lipinski definition) is 7. The van der Waals surface area contributed by atoms with Crippen molar-refractivity contribution < 1.29 is 33.7 Å². The second kappa shape index (κ2) is 6.19. The van der Waals surface area contributed by atoms with Crippen molar-refractivity contribution in [2.75, 3.05) is 7.11 Å². The van der Waals surface area contributed by atoms with Gasteiger partial charge in [0.25, 0.3) is 0 Å². The summed E-state index contributed by atoms with van der Waals surface area (Å²) >= 11 is 0. The van der Waals surface area contributed by atoms with Gasteiger partial charge in [-0.3, -0.25) is 4.79 Å². The highest BCUT2D eigenvalue weighted by Crippen LogP contribution is 2.69. The Balaban J connectivity index is 1.56. The third-order valence-electron chi connectivity index (χ3n) is 9.00. The van der Waals surface area contributed by atoms with Crippen molar-refractivity contribution in [1.82, 2.24) is 0 Å². The minimum Gasteiger partial charge on any atom is -0.466 e. The Morgan fingerprint density at radius 1 is 1.27 bits per heavy atom. The number of methoxy groups -OCH3 is 1. The summed E-state index contributed by atoms with van der Waals surface area (Å²) in [5.74, 6) is -0.280. The number of aliphatic hydroxyl groups excluding tert-OH is 1. The number of fused-ring (bicyclic) bond motifs is 6. The normalized spacial score (nSPS) is 48.9. The van der Waals surface area contributed by atoms with Crippen LogP contribution in [0, 0.1) is 28.6 Å². The lowest BCUT2D eigenvalue weighted by Crippen LogP contribution is -2.62. The maximum absolute atomic E-state index is 12.5. The number of hydrogen-bond donors (Lipinski definition) is 1. The van der Waals surface area contributed by atoms with Crippen molar-refractivity contribution in [1.29, 1.82) is 0 Å². The molecule has 5 aliphatic rings. The van der Waals surface area contributed by atoms with E-state index < -0.39 is 35.3 Å². The fraction of sp³-hybridized carbons (Fsp3) is 0.696. The van der Waals surface area contributed by atoms with Gasteiger partial charge in [-0.2, -0.15) is 0 Å². The molecular formula is C23H28O7. The highest BCUT2D eigenvalue weighted by molar-refractivity contribution is 6.01. The molecule has 162 valence electrons. The minimum absolute atomic E-state index is 0.00631. The van der Waals surface area contributed by atoms with E-state index in [9.17, 15) is 19.5 Å². The van der Waals surface area contributed by atoms with Crippen molar-refractivity contribution >= 4 is 17.9 Å². The SMILES string of the molecule is COC(=O)[C@@H]1OC(=O)O[C@@]12CC[C@H]1[C@@H]3CCC4=CC(=O)C=C[C@]4(C)[C@H]3C(O)C[C@@]12C. The van der Waals surface area contributed by atoms with Gasteiger partial charge in [0.1, 0.15) is 0 Å². The van der Waals surface area contributed by atoms with Crippen molar-refractivity contribution in [2.45, 2.75) is 63.8 Å². The summed E-state index contributed by atoms with van der Waals surface area (Å²) in [7, 11) is 1.27. The van der Waals surface area contributed by atoms with Crippen LogP contribution in [0.1, 0.15) is 46.0 Å². The van der Waals surface area contributed by atoms with E-state index in [1.807, 2.05) is 13.0 Å². The number of ether oxygens (including phenoxy) is 3. The van der Waals surface area contributed by atoms with Crippen LogP contribution in [0.4, 0.5) is 4.79 Å². The van der Waals surface area contributed by atoms with E-state index in [4.69, 9.17) is 14.2 Å². The second-order valence-corrected chi connectivity index (χ2v) is 10.0. The van der Waals surface area contributed by atoms with Crippen molar-refractivity contribution in [2.24, 2.45) is 28.6 Å². The maximum Gasteiger partial charge on any atom is 0.510 e. The van der Waals surface area contributed by atoms with Crippen LogP contribution in [0.3, 0.4) is 0 Å². The highest BCUT2D eigenvalue weighted by Gasteiger charge is 2.74. The van der Waals surface area contributed by atoms with Crippen molar-refractivity contribution in [3.05, 3.63) is 23.8 Å². The molecule has 0 aromatic carbocycles. The van der Waals surface area contributed by atoms with Gasteiger partial charge in [-0.15, -0.1) is 0 Å². The molecular weight excluding hydrogens is 388 g/mol. The van der Waals surface area contributed by atoms with E-state index in [0.29, 0.717) is 12.8 Å². The van der Waals surface area contributed by atoms with Crippen LogP contribution in [0.15, 0.2) is 23.8 Å². The molecule has 0 aromatic heterocycles. The lowest BCUT2D eigenvalue weighted by atomic mass is 9.46. The molecule has 1 unspecified atom stereocenters. The number of esters is 1. The van der Waals surface area contributed by atoms with Crippen molar-refractivity contribution in [3.8, 4) is 0 Å². The Labute approximate surface area is 175 Å². The standard InChI is InChI=1S/C23H28O7/c1-21-8-6-13(24)10-12(21)4-5-14-15-7-9-23(22(15,2)11-16(25)17(14)21)18(19(26)28-3)29-20(27)30-23/h6,8,10,14-18,25H,4-5,7,9,11H2,1-3H3/t14-,15-,16?,17+,18-,21-,22-,23-/m0/s1. The Morgan fingerprint density at radius 3 is 2.77 bits per heavy atom. The molecule has 0 amide bonds. The molecule has 8 atom stereocenters. The van der Waals surface area contributed by atoms with E-state index in [-0.39, 0.29) is 29.0 Å². The molecule has 1 spiro atoms. The Hall–Kier alpha value is -2.15. The van der Waals surface area contributed by atoms with Crippen LogP contribution < -0.4 is 0 Å². The average molecular weight is 416 g/mol. The average Bonchev–Trinajstić information content (AvgIpc) is 3.18. The molecule has 1 heterocycles. The second-order valence-electron chi connectivity index (χ2n) is 10.0. The van der Waals surface area contributed by atoms with Gasteiger partial charge in [-0.1, -0.05) is 25.5 Å². The maximum atomic E-state index is 12.5. The molecule has 4 fully saturated rings. The predicted molar refractivity (Wildman–Crippen MR) is 104 cm³/mol. The molecule has 5 rings (SSSR count). The summed E-state index contributed by atoms with van der Waals surface area (Å²) in [5, 5.41) is 11.4. The van der Waals surface area contributed by atoms with Gasteiger partial charge in [0, 0.05) is 16.7 Å². The molecule has 1 N–H and O–H groups in total. The van der Waals surface area contributed by atoms with Gasteiger partial charge >= 0.3 is 12.1 Å². The summed E-state index contributed by atoms with van der Waals surface area (Å²) in [6.07, 6.45) is 6.03. The molecule has 0 aromatic rings. The summed E-state index contributed by atoms with van der Waals surface area (Å²) in [5.41, 5.74) is -0.999. The number of carbonyl (C=O) groups is 3. The summed E-state index contributed by atoms with van der Waals surface area (Å²) < 4.78 is 15.9. The van der Waals surface area contributed by atoms with Crippen LogP contribution in [0.5, 0.6) is 0 Å². The van der Waals surface area contributed by atoms with Gasteiger partial charge in [0.15, 0.2) is 11.4 Å². The zero-order valence-electron chi connectivity index (χ0n) is 17.6. The van der Waals surface area contributed by atoms with E-state index in [1.54, 1.807) is 12.2 Å². The molecule has 7 nitrogen and oxygen atoms in total. The summed E-state index contributed by atoms with van der Waals surface area (Å²) in [4.78, 5) is 36.5. The molecule has 1 aliphatic heterocycles. The fourth-order valence-corrected chi connectivity index (χ4v) is 7.71. The van der Waals surface area contributed by atoms with Crippen LogP contribution in [0.25, 0.3) is 0 Å². The van der Waals surface area contributed by atoms with Crippen molar-refractivity contribution in [3.63, 3.8) is 0 Å². The number of carbonyl (C=O) groups excluding carboxylic acids is 3. The molecule has 7 heteroatoms. The third kappa shape index (κ3) is 2.27. The molecule has 30 heavy (non-hydrogen) atoms. The first-order valence-electron chi connectivity index (χ1n) is 10.8. The Kier molecular flexibility index (Phi) is 4.08. The number of ketones is 1. The predicted octanol–water partition coefficient (Wildman–Crippen LogP) is 2.71. The lowest BCUT2D eigenvalue weighted by Gasteiger charge is -2.59. The monoisotopic (exact) mass is 416 g/mol. The van der Waals surface area contributed by atoms with E-state index in [1.165, 1.54) is 7.11 Å². The first kappa shape index (κ1) is 19.8. The smallest absolute Gasteiger partial charge is 0.466 e. The quantitative estimate of drug-likeness (QED) is 0.656. The van der Waals surface area contributed by atoms with Crippen LogP contribution >= 0.6 is 0 Å². The van der Waals surface area contributed by atoms with Gasteiger partial charge in [0.05, 0.1) is 13.2 Å². The largest absolute Gasteiger partial charge is 0.510 e. The van der Waals surface area contributed by atoms with Gasteiger partial charge < -0.3 is 19.3 Å². The zero-order chi connectivity index (χ0) is 21.5. The molecule has 0 bridgehead atoms. The van der Waals surface area contributed by atoms with Gasteiger partial charge in [-0.05, 0) is 56.1 Å². The highest BCUT2D eigenvalue weighted by atomic mass is 16.8. The molecule has 0 radical (unpaired) electrons. The number of cyclic esters (lactones) is 1.